The normalized spacial score (nSPS) is 9.23. The molecule has 1 aliphatic rings. The van der Waals surface area contributed by atoms with Crippen LogP contribution in [0.3, 0.4) is 0 Å². The average Bonchev–Trinajstić information content (AvgIpc) is 2.19. The number of fused-ring (bicyclic) bond motifs is 3. The number of aromatic nitrogens is 1. The first-order valence-corrected chi connectivity index (χ1v) is 3.35. The highest BCUT2D eigenvalue weighted by Crippen LogP contribution is 2.29. The van der Waals surface area contributed by atoms with Crippen molar-refractivity contribution in [3.63, 3.8) is 0 Å². The van der Waals surface area contributed by atoms with Gasteiger partial charge in [0.05, 0.1) is 11.2 Å². The van der Waals surface area contributed by atoms with E-state index >= 15 is 0 Å². The summed E-state index contributed by atoms with van der Waals surface area (Å²) in [4.78, 5) is 4.37. The zero-order chi connectivity index (χ0) is 6.55. The molecule has 0 spiro atoms. The van der Waals surface area contributed by atoms with Crippen LogP contribution in [0.15, 0.2) is 30.3 Å². The zero-order valence-corrected chi connectivity index (χ0v) is 8.49. The standard InChI is InChI=1S/C9H5N.2ClH.H3N/c1-2-7-5-9-6(1)3-4-8(7)10-9;;;/h1-5H;2*1H;1H3. The Kier molecular flexibility index (Phi) is 3.67. The van der Waals surface area contributed by atoms with Crippen molar-refractivity contribution in [3.05, 3.63) is 30.3 Å². The summed E-state index contributed by atoms with van der Waals surface area (Å²) in [6, 6.07) is 10.5. The predicted octanol–water partition coefficient (Wildman–Crippen LogP) is 3.22. The van der Waals surface area contributed by atoms with Gasteiger partial charge < -0.3 is 6.15 Å². The summed E-state index contributed by atoms with van der Waals surface area (Å²) in [7, 11) is 0. The molecule has 0 unspecified atom stereocenters. The maximum atomic E-state index is 4.37. The lowest BCUT2D eigenvalue weighted by Gasteiger charge is -1.84. The van der Waals surface area contributed by atoms with E-state index in [1.165, 1.54) is 10.9 Å². The smallest absolute Gasteiger partial charge is 0.0716 e. The number of hydrogen-bond donors (Lipinski definition) is 1. The van der Waals surface area contributed by atoms with Crippen molar-refractivity contribution < 1.29 is 0 Å². The summed E-state index contributed by atoms with van der Waals surface area (Å²) < 4.78 is 0. The summed E-state index contributed by atoms with van der Waals surface area (Å²) in [6.07, 6.45) is 0. The van der Waals surface area contributed by atoms with Crippen molar-refractivity contribution in [3.8, 4) is 11.3 Å². The van der Waals surface area contributed by atoms with Crippen molar-refractivity contribution >= 4 is 35.7 Å². The monoisotopic (exact) mass is 216 g/mol. The van der Waals surface area contributed by atoms with E-state index in [2.05, 4.69) is 35.3 Å². The molecule has 3 N–H and O–H groups in total. The fraction of sp³-hybridized carbons (Fsp3) is 0. The maximum absolute atomic E-state index is 4.37. The Morgan fingerprint density at radius 1 is 0.923 bits per heavy atom. The molecule has 0 radical (unpaired) electrons. The van der Waals surface area contributed by atoms with Gasteiger partial charge in [0, 0.05) is 10.9 Å². The van der Waals surface area contributed by atoms with Gasteiger partial charge in [-0.15, -0.1) is 24.8 Å². The summed E-state index contributed by atoms with van der Waals surface area (Å²) in [5.74, 6) is 0. The van der Waals surface area contributed by atoms with E-state index < -0.39 is 0 Å². The molecule has 0 saturated carbocycles. The molecule has 1 aromatic heterocycles. The summed E-state index contributed by atoms with van der Waals surface area (Å²) in [5.41, 5.74) is 3.51. The lowest BCUT2D eigenvalue weighted by atomic mass is 10.2. The minimum Gasteiger partial charge on any atom is -0.344 e. The second-order valence-corrected chi connectivity index (χ2v) is 2.60. The molecule has 1 aromatic carbocycles. The molecule has 2 heterocycles. The van der Waals surface area contributed by atoms with Crippen molar-refractivity contribution in [2.24, 2.45) is 0 Å². The van der Waals surface area contributed by atoms with Crippen LogP contribution in [0, 0.1) is 0 Å². The molecular formula is C9H10Cl2N2. The zero-order valence-electron chi connectivity index (χ0n) is 6.86. The molecule has 3 bridgehead atoms. The molecule has 0 saturated heterocycles. The van der Waals surface area contributed by atoms with E-state index in [0.717, 1.165) is 11.2 Å². The van der Waals surface area contributed by atoms with Crippen LogP contribution in [0.25, 0.3) is 22.2 Å². The summed E-state index contributed by atoms with van der Waals surface area (Å²) >= 11 is 0. The van der Waals surface area contributed by atoms with Gasteiger partial charge in [-0.3, -0.25) is 0 Å². The second kappa shape index (κ2) is 3.92. The number of pyridine rings is 1. The second-order valence-electron chi connectivity index (χ2n) is 2.60. The van der Waals surface area contributed by atoms with Gasteiger partial charge in [-0.2, -0.15) is 0 Å². The van der Waals surface area contributed by atoms with Crippen molar-refractivity contribution in [1.29, 1.82) is 0 Å². The molecule has 13 heavy (non-hydrogen) atoms. The lowest BCUT2D eigenvalue weighted by molar-refractivity contribution is 1.47. The minimum absolute atomic E-state index is 0. The van der Waals surface area contributed by atoms with E-state index in [0.29, 0.717) is 0 Å². The first-order chi connectivity index (χ1) is 4.93. The first-order valence-electron chi connectivity index (χ1n) is 3.35. The van der Waals surface area contributed by atoms with Crippen LogP contribution in [-0.4, -0.2) is 4.98 Å². The Morgan fingerprint density at radius 3 is 2.38 bits per heavy atom. The molecule has 4 heteroatoms. The van der Waals surface area contributed by atoms with Gasteiger partial charge in [0.15, 0.2) is 0 Å². The number of nitrogens with zero attached hydrogens (tertiary/aromatic N) is 1. The van der Waals surface area contributed by atoms with Gasteiger partial charge >= 0.3 is 0 Å². The van der Waals surface area contributed by atoms with E-state index in [-0.39, 0.29) is 31.0 Å². The van der Waals surface area contributed by atoms with Gasteiger partial charge in [0.1, 0.15) is 0 Å². The number of rotatable bonds is 0. The average molecular weight is 217 g/mol. The molecule has 0 aliphatic carbocycles. The molecular weight excluding hydrogens is 207 g/mol. The van der Waals surface area contributed by atoms with Crippen LogP contribution in [0.2, 0.25) is 0 Å². The fourth-order valence-electron chi connectivity index (χ4n) is 1.44. The van der Waals surface area contributed by atoms with Gasteiger partial charge in [-0.25, -0.2) is 4.98 Å². The van der Waals surface area contributed by atoms with Gasteiger partial charge in [0.2, 0.25) is 0 Å². The van der Waals surface area contributed by atoms with Crippen LogP contribution >= 0.6 is 24.8 Å². The third-order valence-electron chi connectivity index (χ3n) is 1.99. The van der Waals surface area contributed by atoms with Crippen molar-refractivity contribution in [1.82, 2.24) is 11.1 Å². The third kappa shape index (κ3) is 1.48. The van der Waals surface area contributed by atoms with Crippen LogP contribution in [0.4, 0.5) is 0 Å². The number of benzene rings is 1. The first kappa shape index (κ1) is 12.2. The highest BCUT2D eigenvalue weighted by molar-refractivity contribution is 5.90. The Bertz CT molecular complexity index is 392. The maximum Gasteiger partial charge on any atom is 0.0716 e. The molecule has 3 rings (SSSR count). The van der Waals surface area contributed by atoms with E-state index in [9.17, 15) is 0 Å². The quantitative estimate of drug-likeness (QED) is 0.628. The van der Waals surface area contributed by atoms with Gasteiger partial charge in [0.25, 0.3) is 0 Å². The molecule has 2 aromatic rings. The Labute approximate surface area is 88.8 Å². The van der Waals surface area contributed by atoms with Crippen molar-refractivity contribution in [2.45, 2.75) is 0 Å². The Morgan fingerprint density at radius 2 is 1.62 bits per heavy atom. The largest absolute Gasteiger partial charge is 0.344 e. The van der Waals surface area contributed by atoms with E-state index in [1.54, 1.807) is 0 Å². The molecule has 0 atom stereocenters. The molecule has 0 fully saturated rings. The lowest BCUT2D eigenvalue weighted by Crippen LogP contribution is -1.68. The highest BCUT2D eigenvalue weighted by atomic mass is 35.5. The number of halogens is 2. The topological polar surface area (TPSA) is 47.9 Å². The minimum atomic E-state index is 0. The molecule has 70 valence electrons. The molecule has 0 amide bonds. The summed E-state index contributed by atoms with van der Waals surface area (Å²) in [6.45, 7) is 0. The Balaban J connectivity index is 0.000000480. The highest BCUT2D eigenvalue weighted by Gasteiger charge is 2.08. The summed E-state index contributed by atoms with van der Waals surface area (Å²) in [5, 5.41) is 1.24. The van der Waals surface area contributed by atoms with Crippen LogP contribution in [0.5, 0.6) is 0 Å². The Hall–Kier alpha value is -0.830. The van der Waals surface area contributed by atoms with Gasteiger partial charge in [-0.1, -0.05) is 18.2 Å². The van der Waals surface area contributed by atoms with Crippen molar-refractivity contribution in [2.75, 3.05) is 0 Å². The van der Waals surface area contributed by atoms with E-state index in [1.807, 2.05) is 0 Å². The molecule has 1 aliphatic heterocycles. The van der Waals surface area contributed by atoms with E-state index in [4.69, 9.17) is 0 Å². The van der Waals surface area contributed by atoms with Crippen LogP contribution in [-0.2, 0) is 0 Å². The van der Waals surface area contributed by atoms with Gasteiger partial charge in [-0.05, 0) is 12.1 Å². The molecule has 2 nitrogen and oxygen atoms in total. The predicted molar refractivity (Wildman–Crippen MR) is 60.3 cm³/mol. The van der Waals surface area contributed by atoms with Crippen LogP contribution < -0.4 is 6.15 Å². The van der Waals surface area contributed by atoms with Crippen LogP contribution in [0.1, 0.15) is 0 Å². The third-order valence-corrected chi connectivity index (χ3v) is 1.99. The SMILES string of the molecule is Cl.Cl.N.c1cc2ccc3nc2cc1-3. The fourth-order valence-corrected chi connectivity index (χ4v) is 1.44. The number of hydrogen-bond acceptors (Lipinski definition) is 2.